The maximum atomic E-state index is 12.2. The Hall–Kier alpha value is -3.01. The molecule has 22 heavy (non-hydrogen) atoms. The molecule has 0 aliphatic carbocycles. The van der Waals surface area contributed by atoms with Crippen LogP contribution in [-0.4, -0.2) is 5.91 Å². The second-order valence-corrected chi connectivity index (χ2v) is 4.70. The normalized spacial score (nSPS) is 10.2. The van der Waals surface area contributed by atoms with E-state index in [1.165, 1.54) is 6.26 Å². The zero-order valence-electron chi connectivity index (χ0n) is 11.9. The Kier molecular flexibility index (Phi) is 4.20. The minimum absolute atomic E-state index is 0.264. The lowest BCUT2D eigenvalue weighted by molar-refractivity contribution is 0.0993. The molecule has 3 rings (SSSR count). The molecule has 0 unspecified atom stereocenters. The van der Waals surface area contributed by atoms with Gasteiger partial charge in [-0.1, -0.05) is 36.4 Å². The van der Waals surface area contributed by atoms with Gasteiger partial charge >= 0.3 is 0 Å². The third kappa shape index (κ3) is 3.35. The second kappa shape index (κ2) is 6.63. The number of furan rings is 1. The van der Waals surface area contributed by atoms with Crippen LogP contribution in [0.4, 0.5) is 5.69 Å². The minimum atomic E-state index is -0.289. The van der Waals surface area contributed by atoms with Gasteiger partial charge in [0.15, 0.2) is 5.76 Å². The van der Waals surface area contributed by atoms with Gasteiger partial charge in [0, 0.05) is 11.3 Å². The molecule has 0 spiro atoms. The number of nitrogens with one attached hydrogen (secondary N) is 1. The fourth-order valence-electron chi connectivity index (χ4n) is 2.04. The van der Waals surface area contributed by atoms with E-state index in [2.05, 4.69) is 5.32 Å². The van der Waals surface area contributed by atoms with Gasteiger partial charge in [0.1, 0.15) is 12.4 Å². The Labute approximate surface area is 128 Å². The van der Waals surface area contributed by atoms with E-state index in [1.807, 2.05) is 60.7 Å². The van der Waals surface area contributed by atoms with Crippen LogP contribution in [0.5, 0.6) is 5.75 Å². The summed E-state index contributed by atoms with van der Waals surface area (Å²) in [7, 11) is 0. The van der Waals surface area contributed by atoms with E-state index in [0.717, 1.165) is 11.4 Å². The molecule has 0 fully saturated rings. The standard InChI is InChI=1S/C18H15NO3/c20-18(19-15-7-3-1-4-8-15)17-14(11-12-21-17)13-22-16-9-5-2-6-10-16/h1-12H,13H2,(H,19,20). The zero-order chi connectivity index (χ0) is 15.2. The first-order chi connectivity index (χ1) is 10.8. The lowest BCUT2D eigenvalue weighted by Crippen LogP contribution is -2.13. The minimum Gasteiger partial charge on any atom is -0.489 e. The fraction of sp³-hybridized carbons (Fsp3) is 0.0556. The quantitative estimate of drug-likeness (QED) is 0.770. The topological polar surface area (TPSA) is 51.5 Å². The second-order valence-electron chi connectivity index (χ2n) is 4.70. The number of carbonyl (C=O) groups excluding carboxylic acids is 1. The highest BCUT2D eigenvalue weighted by molar-refractivity contribution is 6.03. The van der Waals surface area contributed by atoms with Gasteiger partial charge in [0.05, 0.1) is 6.26 Å². The lowest BCUT2D eigenvalue weighted by Gasteiger charge is -2.07. The molecule has 1 heterocycles. The number of anilines is 1. The van der Waals surface area contributed by atoms with Gasteiger partial charge in [-0.05, 0) is 30.3 Å². The maximum Gasteiger partial charge on any atom is 0.291 e. The molecule has 2 aromatic carbocycles. The van der Waals surface area contributed by atoms with Crippen LogP contribution in [0.3, 0.4) is 0 Å². The Morgan fingerprint density at radius 1 is 0.955 bits per heavy atom. The first-order valence-corrected chi connectivity index (χ1v) is 6.93. The molecule has 1 amide bonds. The molecule has 0 saturated carbocycles. The summed E-state index contributed by atoms with van der Waals surface area (Å²) in [5, 5.41) is 2.79. The van der Waals surface area contributed by atoms with Crippen molar-refractivity contribution in [3.63, 3.8) is 0 Å². The summed E-state index contributed by atoms with van der Waals surface area (Å²) < 4.78 is 10.9. The molecule has 3 aromatic rings. The number of hydrogen-bond donors (Lipinski definition) is 1. The van der Waals surface area contributed by atoms with Gasteiger partial charge in [0.25, 0.3) is 5.91 Å². The third-order valence-corrected chi connectivity index (χ3v) is 3.12. The Morgan fingerprint density at radius 2 is 1.64 bits per heavy atom. The molecule has 0 bridgehead atoms. The first kappa shape index (κ1) is 13.9. The largest absolute Gasteiger partial charge is 0.489 e. The van der Waals surface area contributed by atoms with Crippen molar-refractivity contribution in [2.45, 2.75) is 6.61 Å². The fourth-order valence-corrected chi connectivity index (χ4v) is 2.04. The highest BCUT2D eigenvalue weighted by Crippen LogP contribution is 2.17. The van der Waals surface area contributed by atoms with Crippen LogP contribution in [0, 0.1) is 0 Å². The summed E-state index contributed by atoms with van der Waals surface area (Å²) in [6.07, 6.45) is 1.49. The van der Waals surface area contributed by atoms with Gasteiger partial charge in [-0.3, -0.25) is 4.79 Å². The maximum absolute atomic E-state index is 12.2. The van der Waals surface area contributed by atoms with Gasteiger partial charge in [-0.2, -0.15) is 0 Å². The van der Waals surface area contributed by atoms with Crippen LogP contribution in [0.25, 0.3) is 0 Å². The molecule has 4 heteroatoms. The van der Waals surface area contributed by atoms with Crippen LogP contribution in [0.1, 0.15) is 16.1 Å². The van der Waals surface area contributed by atoms with E-state index >= 15 is 0 Å². The van der Waals surface area contributed by atoms with Gasteiger partial charge in [-0.15, -0.1) is 0 Å². The molecule has 1 N–H and O–H groups in total. The van der Waals surface area contributed by atoms with Crippen LogP contribution < -0.4 is 10.1 Å². The van der Waals surface area contributed by atoms with Gasteiger partial charge in [0.2, 0.25) is 0 Å². The molecular weight excluding hydrogens is 278 g/mol. The summed E-state index contributed by atoms with van der Waals surface area (Å²) in [6, 6.07) is 20.4. The number of ether oxygens (including phenoxy) is 1. The molecule has 0 aliphatic rings. The van der Waals surface area contributed by atoms with E-state index in [-0.39, 0.29) is 18.3 Å². The monoisotopic (exact) mass is 293 g/mol. The third-order valence-electron chi connectivity index (χ3n) is 3.12. The molecule has 0 aliphatic heterocycles. The molecule has 0 atom stereocenters. The summed E-state index contributed by atoms with van der Waals surface area (Å²) in [5.74, 6) is 0.723. The molecule has 0 saturated heterocycles. The number of carbonyl (C=O) groups is 1. The summed E-state index contributed by atoms with van der Waals surface area (Å²) in [6.45, 7) is 0.276. The van der Waals surface area contributed by atoms with Crippen molar-refractivity contribution in [1.82, 2.24) is 0 Å². The predicted molar refractivity (Wildman–Crippen MR) is 83.9 cm³/mol. The van der Waals surface area contributed by atoms with E-state index in [1.54, 1.807) is 6.07 Å². The number of benzene rings is 2. The van der Waals surface area contributed by atoms with E-state index in [4.69, 9.17) is 9.15 Å². The van der Waals surface area contributed by atoms with Crippen molar-refractivity contribution in [2.75, 3.05) is 5.32 Å². The summed E-state index contributed by atoms with van der Waals surface area (Å²) >= 11 is 0. The summed E-state index contributed by atoms with van der Waals surface area (Å²) in [5.41, 5.74) is 1.43. The van der Waals surface area contributed by atoms with Crippen molar-refractivity contribution in [1.29, 1.82) is 0 Å². The number of para-hydroxylation sites is 2. The predicted octanol–water partition coefficient (Wildman–Crippen LogP) is 4.11. The first-order valence-electron chi connectivity index (χ1n) is 6.93. The summed E-state index contributed by atoms with van der Waals surface area (Å²) in [4.78, 5) is 12.2. The van der Waals surface area contributed by atoms with Crippen LogP contribution >= 0.6 is 0 Å². The van der Waals surface area contributed by atoms with Crippen molar-refractivity contribution < 1.29 is 13.9 Å². The Morgan fingerprint density at radius 3 is 2.36 bits per heavy atom. The average molecular weight is 293 g/mol. The molecule has 4 nitrogen and oxygen atoms in total. The van der Waals surface area contributed by atoms with E-state index < -0.39 is 0 Å². The van der Waals surface area contributed by atoms with E-state index in [9.17, 15) is 4.79 Å². The number of amides is 1. The highest BCUT2D eigenvalue weighted by Gasteiger charge is 2.16. The molecular formula is C18H15NO3. The van der Waals surface area contributed by atoms with E-state index in [0.29, 0.717) is 5.56 Å². The molecule has 0 radical (unpaired) electrons. The van der Waals surface area contributed by atoms with Crippen LogP contribution in [0.2, 0.25) is 0 Å². The van der Waals surface area contributed by atoms with Gasteiger partial charge < -0.3 is 14.5 Å². The van der Waals surface area contributed by atoms with Crippen molar-refractivity contribution >= 4 is 11.6 Å². The zero-order valence-corrected chi connectivity index (χ0v) is 11.9. The lowest BCUT2D eigenvalue weighted by atomic mass is 10.2. The SMILES string of the molecule is O=C(Nc1ccccc1)c1occc1COc1ccccc1. The van der Waals surface area contributed by atoms with Crippen molar-refractivity contribution in [3.8, 4) is 5.75 Å². The van der Waals surface area contributed by atoms with Crippen LogP contribution in [0.15, 0.2) is 77.4 Å². The Balaban J connectivity index is 1.68. The van der Waals surface area contributed by atoms with Crippen LogP contribution in [-0.2, 0) is 6.61 Å². The average Bonchev–Trinajstić information content (AvgIpc) is 3.03. The van der Waals surface area contributed by atoms with Crippen molar-refractivity contribution in [3.05, 3.63) is 84.3 Å². The Bertz CT molecular complexity index is 735. The number of hydrogen-bond acceptors (Lipinski definition) is 3. The molecule has 110 valence electrons. The van der Waals surface area contributed by atoms with Crippen molar-refractivity contribution in [2.24, 2.45) is 0 Å². The molecule has 1 aromatic heterocycles. The smallest absolute Gasteiger partial charge is 0.291 e. The highest BCUT2D eigenvalue weighted by atomic mass is 16.5. The van der Waals surface area contributed by atoms with Gasteiger partial charge in [-0.25, -0.2) is 0 Å². The number of rotatable bonds is 5.